The minimum Gasteiger partial charge on any atom is -0.480 e. The summed E-state index contributed by atoms with van der Waals surface area (Å²) < 4.78 is 0. The average Bonchev–Trinajstić information content (AvgIpc) is 2.68. The van der Waals surface area contributed by atoms with Gasteiger partial charge in [0.2, 0.25) is 11.8 Å². The fourth-order valence-electron chi connectivity index (χ4n) is 3.31. The highest BCUT2D eigenvalue weighted by atomic mass is 28.3. The van der Waals surface area contributed by atoms with Crippen LogP contribution >= 0.6 is 0 Å². The standard InChI is InChI=1S/C22H30N4O4Si/c1-31(2,3)13-5-7-18(22(29)30)25-19(27)14-16-6-4-12-26(21(16)28)17-10-8-15(9-11-17)20(23)24/h8-11,16,18H,4,6-7,12,14H2,1-3H3,(H3,23,24)(H,25,27)(H,29,30)/t16?,18-/m0/s1. The number of piperidine rings is 1. The Morgan fingerprint density at radius 3 is 2.52 bits per heavy atom. The molecule has 2 amide bonds. The number of benzene rings is 1. The van der Waals surface area contributed by atoms with Crippen LogP contribution in [-0.2, 0) is 14.4 Å². The summed E-state index contributed by atoms with van der Waals surface area (Å²) >= 11 is 0. The summed E-state index contributed by atoms with van der Waals surface area (Å²) in [4.78, 5) is 38.5. The highest BCUT2D eigenvalue weighted by molar-refractivity contribution is 6.83. The van der Waals surface area contributed by atoms with Gasteiger partial charge in [-0.25, -0.2) is 4.79 Å². The Balaban J connectivity index is 2.01. The Hall–Kier alpha value is -3.12. The van der Waals surface area contributed by atoms with Gasteiger partial charge in [0.1, 0.15) is 20.0 Å². The van der Waals surface area contributed by atoms with E-state index in [0.717, 1.165) is 6.42 Å². The number of aliphatic carboxylic acids is 1. The van der Waals surface area contributed by atoms with Gasteiger partial charge in [0, 0.05) is 36.6 Å². The number of carboxylic acids is 1. The van der Waals surface area contributed by atoms with Crippen LogP contribution in [0.2, 0.25) is 19.6 Å². The number of amides is 2. The summed E-state index contributed by atoms with van der Waals surface area (Å²) in [5.41, 5.74) is 9.82. The van der Waals surface area contributed by atoms with E-state index in [-0.39, 0.29) is 24.6 Å². The molecule has 1 aromatic rings. The third kappa shape index (κ3) is 7.26. The van der Waals surface area contributed by atoms with Crippen molar-refractivity contribution < 1.29 is 19.5 Å². The van der Waals surface area contributed by atoms with Crippen LogP contribution < -0.4 is 16.0 Å². The Bertz CT molecular complexity index is 912. The van der Waals surface area contributed by atoms with E-state index in [0.29, 0.717) is 24.2 Å². The number of nitrogens with one attached hydrogen (secondary N) is 2. The molecule has 8 nitrogen and oxygen atoms in total. The number of carboxylic acid groups (broad SMARTS) is 1. The minimum atomic E-state index is -1.63. The van der Waals surface area contributed by atoms with Gasteiger partial charge < -0.3 is 21.1 Å². The second kappa shape index (κ2) is 10.3. The van der Waals surface area contributed by atoms with Crippen molar-refractivity contribution in [3.8, 4) is 11.5 Å². The molecule has 1 unspecified atom stereocenters. The smallest absolute Gasteiger partial charge is 0.327 e. The molecule has 0 radical (unpaired) electrons. The van der Waals surface area contributed by atoms with Crippen LogP contribution in [0.5, 0.6) is 0 Å². The van der Waals surface area contributed by atoms with Crippen LogP contribution in [0, 0.1) is 22.8 Å². The molecule has 1 heterocycles. The number of carbonyl (C=O) groups is 3. The molecule has 0 spiro atoms. The van der Waals surface area contributed by atoms with E-state index < -0.39 is 31.9 Å². The Kier molecular flexibility index (Phi) is 7.99. The van der Waals surface area contributed by atoms with Gasteiger partial charge in [0.05, 0.1) is 0 Å². The largest absolute Gasteiger partial charge is 0.480 e. The molecule has 0 aliphatic carbocycles. The lowest BCUT2D eigenvalue weighted by molar-refractivity contribution is -0.142. The number of hydrogen-bond acceptors (Lipinski definition) is 4. The zero-order valence-electron chi connectivity index (χ0n) is 18.2. The molecular weight excluding hydrogens is 412 g/mol. The second-order valence-electron chi connectivity index (χ2n) is 8.71. The van der Waals surface area contributed by atoms with Gasteiger partial charge >= 0.3 is 5.97 Å². The Labute approximate surface area is 183 Å². The second-order valence-corrected chi connectivity index (χ2v) is 13.5. The van der Waals surface area contributed by atoms with Gasteiger partial charge in [0.25, 0.3) is 0 Å². The molecule has 1 saturated heterocycles. The summed E-state index contributed by atoms with van der Waals surface area (Å²) in [6, 6.07) is 5.73. The van der Waals surface area contributed by atoms with Crippen molar-refractivity contribution in [2.24, 2.45) is 11.7 Å². The van der Waals surface area contributed by atoms with Crippen molar-refractivity contribution in [1.82, 2.24) is 5.32 Å². The van der Waals surface area contributed by atoms with Crippen molar-refractivity contribution in [1.29, 1.82) is 5.41 Å². The third-order valence-electron chi connectivity index (χ3n) is 4.87. The van der Waals surface area contributed by atoms with E-state index in [1.807, 2.05) is 0 Å². The number of anilines is 1. The summed E-state index contributed by atoms with van der Waals surface area (Å²) in [5.74, 6) is 0.558. The van der Waals surface area contributed by atoms with Gasteiger partial charge in [-0.3, -0.25) is 15.0 Å². The molecule has 0 bridgehead atoms. The molecule has 0 aromatic heterocycles. The monoisotopic (exact) mass is 442 g/mol. The summed E-state index contributed by atoms with van der Waals surface area (Å²) in [5, 5.41) is 19.4. The van der Waals surface area contributed by atoms with Crippen LogP contribution in [0.25, 0.3) is 0 Å². The molecule has 1 aliphatic heterocycles. The predicted octanol–water partition coefficient (Wildman–Crippen LogP) is 1.94. The SMILES string of the molecule is C[Si](C)(C)C#CC[C@H](NC(=O)CC1CCCN(c2ccc(C(=N)N)cc2)C1=O)C(=O)O. The van der Waals surface area contributed by atoms with Crippen molar-refractivity contribution in [3.63, 3.8) is 0 Å². The van der Waals surface area contributed by atoms with E-state index in [9.17, 15) is 19.5 Å². The first-order chi connectivity index (χ1) is 14.5. The van der Waals surface area contributed by atoms with Crippen molar-refractivity contribution in [2.75, 3.05) is 11.4 Å². The van der Waals surface area contributed by atoms with E-state index in [4.69, 9.17) is 11.1 Å². The fourth-order valence-corrected chi connectivity index (χ4v) is 3.94. The molecule has 5 N–H and O–H groups in total. The van der Waals surface area contributed by atoms with Crippen LogP contribution in [0.4, 0.5) is 5.69 Å². The van der Waals surface area contributed by atoms with Crippen LogP contribution in [0.1, 0.15) is 31.2 Å². The quantitative estimate of drug-likeness (QED) is 0.221. The van der Waals surface area contributed by atoms with Crippen LogP contribution in [0.15, 0.2) is 24.3 Å². The van der Waals surface area contributed by atoms with Gasteiger partial charge in [-0.1, -0.05) is 19.6 Å². The van der Waals surface area contributed by atoms with Crippen LogP contribution in [0.3, 0.4) is 0 Å². The van der Waals surface area contributed by atoms with Crippen molar-refractivity contribution in [2.45, 2.75) is 51.4 Å². The first-order valence-electron chi connectivity index (χ1n) is 10.3. The van der Waals surface area contributed by atoms with Crippen molar-refractivity contribution >= 4 is 37.4 Å². The first-order valence-corrected chi connectivity index (χ1v) is 13.8. The molecular formula is C22H30N4O4Si. The molecule has 1 aliphatic rings. The zero-order chi connectivity index (χ0) is 23.2. The van der Waals surface area contributed by atoms with Gasteiger partial charge in [0.15, 0.2) is 0 Å². The Morgan fingerprint density at radius 1 is 1.32 bits per heavy atom. The number of nitrogen functional groups attached to an aromatic ring is 1. The van der Waals surface area contributed by atoms with Crippen LogP contribution in [-0.4, -0.2) is 49.4 Å². The van der Waals surface area contributed by atoms with Gasteiger partial charge in [-0.2, -0.15) is 0 Å². The third-order valence-corrected chi connectivity index (χ3v) is 5.80. The van der Waals surface area contributed by atoms with E-state index in [2.05, 4.69) is 36.4 Å². The molecule has 31 heavy (non-hydrogen) atoms. The molecule has 166 valence electrons. The maximum absolute atomic E-state index is 12.9. The van der Waals surface area contributed by atoms with E-state index in [1.54, 1.807) is 29.2 Å². The first kappa shape index (κ1) is 24.1. The number of carbonyl (C=O) groups excluding carboxylic acids is 2. The molecule has 0 saturated carbocycles. The molecule has 9 heteroatoms. The normalized spacial score (nSPS) is 17.3. The number of rotatable bonds is 7. The predicted molar refractivity (Wildman–Crippen MR) is 122 cm³/mol. The van der Waals surface area contributed by atoms with Crippen molar-refractivity contribution in [3.05, 3.63) is 29.8 Å². The number of hydrogen-bond donors (Lipinski definition) is 4. The lowest BCUT2D eigenvalue weighted by Gasteiger charge is -2.32. The lowest BCUT2D eigenvalue weighted by Crippen LogP contribution is -2.45. The molecule has 2 rings (SSSR count). The minimum absolute atomic E-state index is 0.0403. The molecule has 2 atom stereocenters. The van der Waals surface area contributed by atoms with E-state index >= 15 is 0 Å². The number of amidine groups is 1. The topological polar surface area (TPSA) is 137 Å². The maximum atomic E-state index is 12.9. The average molecular weight is 443 g/mol. The highest BCUT2D eigenvalue weighted by Crippen LogP contribution is 2.26. The maximum Gasteiger partial charge on any atom is 0.327 e. The summed E-state index contributed by atoms with van der Waals surface area (Å²) in [7, 11) is -1.63. The van der Waals surface area contributed by atoms with E-state index in [1.165, 1.54) is 0 Å². The number of nitrogens with zero attached hydrogens (tertiary/aromatic N) is 1. The highest BCUT2D eigenvalue weighted by Gasteiger charge is 2.32. The summed E-state index contributed by atoms with van der Waals surface area (Å²) in [6.45, 7) is 6.72. The molecule has 1 fully saturated rings. The van der Waals surface area contributed by atoms with Gasteiger partial charge in [-0.05, 0) is 37.1 Å². The molecule has 1 aromatic carbocycles. The van der Waals surface area contributed by atoms with Gasteiger partial charge in [-0.15, -0.1) is 11.5 Å². The summed E-state index contributed by atoms with van der Waals surface area (Å²) in [6.07, 6.45) is 1.29. The Morgan fingerprint density at radius 2 is 1.97 bits per heavy atom. The lowest BCUT2D eigenvalue weighted by atomic mass is 9.92. The fraction of sp³-hybridized carbons (Fsp3) is 0.455. The zero-order valence-corrected chi connectivity index (χ0v) is 19.2. The number of nitrogens with two attached hydrogens (primary N) is 1.